The largest absolute Gasteiger partial charge is 0.962 e. The fourth-order valence-electron chi connectivity index (χ4n) is 1.14. The number of hydrogen-bond donors (Lipinski definition) is 0. The summed E-state index contributed by atoms with van der Waals surface area (Å²) >= 11 is 0. The molecule has 0 unspecified atom stereocenters. The Hall–Kier alpha value is -0.413. The third-order valence-corrected chi connectivity index (χ3v) is 3.97. The quantitative estimate of drug-likeness (QED) is 0.347. The van der Waals surface area contributed by atoms with Crippen molar-refractivity contribution in [1.82, 2.24) is 0 Å². The first-order valence-corrected chi connectivity index (χ1v) is 7.22. The summed E-state index contributed by atoms with van der Waals surface area (Å²) in [6.07, 6.45) is 3.21. The lowest BCUT2D eigenvalue weighted by molar-refractivity contribution is 0.0776. The summed E-state index contributed by atoms with van der Waals surface area (Å²) in [4.78, 5) is 0. The molecule has 15 heavy (non-hydrogen) atoms. The normalized spacial score (nSPS) is 11.3. The van der Waals surface area contributed by atoms with Gasteiger partial charge in [0.2, 0.25) is 0 Å². The highest BCUT2D eigenvalue weighted by Crippen LogP contribution is 2.12. The predicted molar refractivity (Wildman–Crippen MR) is 61.1 cm³/mol. The Balaban J connectivity index is 4.04. The van der Waals surface area contributed by atoms with E-state index in [2.05, 4.69) is 11.4 Å². The molecule has 0 bridgehead atoms. The monoisotopic (exact) mass is 231 g/mol. The van der Waals surface area contributed by atoms with Gasteiger partial charge in [0, 0.05) is 19.8 Å². The summed E-state index contributed by atoms with van der Waals surface area (Å²) in [7, 11) is -3.03. The van der Waals surface area contributed by atoms with Crippen LogP contribution in [0.4, 0.5) is 0 Å². The molecule has 0 N–H and O–H groups in total. The first-order valence-electron chi connectivity index (χ1n) is 5.55. The molecule has 5 heteroatoms. The van der Waals surface area contributed by atoms with Crippen molar-refractivity contribution in [3.8, 4) is 0 Å². The average Bonchev–Trinajstić information content (AvgIpc) is 2.25. The van der Waals surface area contributed by atoms with Gasteiger partial charge in [-0.05, 0) is 20.3 Å². The van der Waals surface area contributed by atoms with Crippen LogP contribution >= 0.6 is 0 Å². The number of nitrogens with zero attached hydrogens (tertiary/aromatic N) is 1. The lowest BCUT2D eigenvalue weighted by atomic mass is 10.3. The summed E-state index contributed by atoms with van der Waals surface area (Å²) in [6, 6.07) is 0. The highest BCUT2D eigenvalue weighted by atomic mass is 28.4. The summed E-state index contributed by atoms with van der Waals surface area (Å²) in [6.45, 7) is 14.4. The van der Waals surface area contributed by atoms with E-state index in [4.69, 9.17) is 19.9 Å². The molecule has 0 spiro atoms. The van der Waals surface area contributed by atoms with E-state index in [0.717, 1.165) is 19.3 Å². The molecule has 0 radical (unpaired) electrons. The van der Waals surface area contributed by atoms with E-state index >= 15 is 0 Å². The first-order chi connectivity index (χ1) is 7.24. The molecule has 4 nitrogen and oxygen atoms in total. The van der Waals surface area contributed by atoms with Crippen LogP contribution in [0.25, 0.3) is 4.51 Å². The third kappa shape index (κ3) is 5.90. The SMILES string of the molecule is [C-]#[N+][Si](OCC)(OCC)OCCCCC. The van der Waals surface area contributed by atoms with Gasteiger partial charge in [0.25, 0.3) is 0 Å². The Morgan fingerprint density at radius 2 is 1.60 bits per heavy atom. The average molecular weight is 231 g/mol. The zero-order valence-electron chi connectivity index (χ0n) is 9.91. The zero-order valence-corrected chi connectivity index (χ0v) is 10.9. The highest BCUT2D eigenvalue weighted by molar-refractivity contribution is 6.64. The van der Waals surface area contributed by atoms with Crippen LogP contribution in [0, 0.1) is 6.57 Å². The maximum atomic E-state index is 7.11. The molecule has 0 heterocycles. The Bertz CT molecular complexity index is 188. The van der Waals surface area contributed by atoms with Gasteiger partial charge in [0.05, 0.1) is 0 Å². The molecule has 0 saturated heterocycles. The van der Waals surface area contributed by atoms with Gasteiger partial charge in [-0.2, -0.15) is 0 Å². The minimum absolute atomic E-state index is 0.461. The van der Waals surface area contributed by atoms with E-state index in [1.165, 1.54) is 0 Å². The second-order valence-corrected chi connectivity index (χ2v) is 5.19. The molecule has 0 fully saturated rings. The van der Waals surface area contributed by atoms with E-state index in [1.807, 2.05) is 13.8 Å². The standard InChI is InChI=1S/C10H21NO3Si/c1-5-8-9-10-14-15(11-4,12-6-2)13-7-3/h5-10H2,1-3H3. The second kappa shape index (κ2) is 8.86. The maximum absolute atomic E-state index is 7.11. The van der Waals surface area contributed by atoms with Crippen molar-refractivity contribution < 1.29 is 13.3 Å². The van der Waals surface area contributed by atoms with Gasteiger partial charge in [0.15, 0.2) is 0 Å². The number of hydrogen-bond acceptors (Lipinski definition) is 3. The number of unbranched alkanes of at least 4 members (excludes halogenated alkanes) is 2. The van der Waals surface area contributed by atoms with Crippen LogP contribution in [0.1, 0.15) is 40.0 Å². The van der Waals surface area contributed by atoms with Crippen LogP contribution in [0.15, 0.2) is 0 Å². The van der Waals surface area contributed by atoms with Gasteiger partial charge in [-0.15, -0.1) is 0 Å². The van der Waals surface area contributed by atoms with Gasteiger partial charge in [-0.3, -0.25) is 6.57 Å². The number of rotatable bonds is 9. The van der Waals surface area contributed by atoms with Crippen molar-refractivity contribution in [2.75, 3.05) is 19.8 Å². The molecule has 0 aromatic rings. The molecule has 0 atom stereocenters. The van der Waals surface area contributed by atoms with Crippen molar-refractivity contribution in [3.05, 3.63) is 11.1 Å². The Kier molecular flexibility index (Phi) is 8.62. The summed E-state index contributed by atoms with van der Waals surface area (Å²) < 4.78 is 19.6. The maximum Gasteiger partial charge on any atom is 0.962 e. The van der Waals surface area contributed by atoms with Gasteiger partial charge < -0.3 is 17.8 Å². The van der Waals surface area contributed by atoms with Gasteiger partial charge >= 0.3 is 8.97 Å². The zero-order chi connectivity index (χ0) is 11.6. The van der Waals surface area contributed by atoms with Crippen molar-refractivity contribution in [2.24, 2.45) is 0 Å². The molecule has 0 aliphatic carbocycles. The fraction of sp³-hybridized carbons (Fsp3) is 0.900. The highest BCUT2D eigenvalue weighted by Gasteiger charge is 2.57. The van der Waals surface area contributed by atoms with Crippen LogP contribution in [0.5, 0.6) is 0 Å². The van der Waals surface area contributed by atoms with Crippen LogP contribution in [-0.4, -0.2) is 28.8 Å². The Morgan fingerprint density at radius 1 is 1.00 bits per heavy atom. The molecule has 0 aliphatic rings. The minimum Gasteiger partial charge on any atom is -0.336 e. The molecule has 0 rings (SSSR count). The Morgan fingerprint density at radius 3 is 2.00 bits per heavy atom. The molecular formula is C10H21NO3Si. The van der Waals surface area contributed by atoms with E-state index in [-0.39, 0.29) is 0 Å². The molecule has 0 aromatic heterocycles. The van der Waals surface area contributed by atoms with Crippen molar-refractivity contribution in [2.45, 2.75) is 40.0 Å². The lowest BCUT2D eigenvalue weighted by Crippen LogP contribution is -2.43. The third-order valence-electron chi connectivity index (χ3n) is 1.82. The van der Waals surface area contributed by atoms with Crippen LogP contribution in [-0.2, 0) is 13.3 Å². The summed E-state index contributed by atoms with van der Waals surface area (Å²) in [5, 5.41) is 0. The van der Waals surface area contributed by atoms with Crippen LogP contribution < -0.4 is 0 Å². The van der Waals surface area contributed by atoms with Crippen LogP contribution in [0.3, 0.4) is 0 Å². The van der Waals surface area contributed by atoms with Gasteiger partial charge in [0.1, 0.15) is 0 Å². The first kappa shape index (κ1) is 14.6. The van der Waals surface area contributed by atoms with E-state index in [0.29, 0.717) is 19.8 Å². The second-order valence-electron chi connectivity index (χ2n) is 3.06. The molecule has 0 aliphatic heterocycles. The molecule has 0 saturated carbocycles. The molecule has 0 aromatic carbocycles. The lowest BCUT2D eigenvalue weighted by Gasteiger charge is -2.13. The predicted octanol–water partition coefficient (Wildman–Crippen LogP) is 2.62. The van der Waals surface area contributed by atoms with Crippen molar-refractivity contribution in [1.29, 1.82) is 0 Å². The molecule has 88 valence electrons. The smallest absolute Gasteiger partial charge is 0.336 e. The summed E-state index contributed by atoms with van der Waals surface area (Å²) in [5.74, 6) is 0. The fourth-order valence-corrected chi connectivity index (χ4v) is 2.72. The Labute approximate surface area is 93.8 Å². The van der Waals surface area contributed by atoms with E-state index in [9.17, 15) is 0 Å². The van der Waals surface area contributed by atoms with Crippen LogP contribution in [0.2, 0.25) is 0 Å². The minimum atomic E-state index is -3.03. The van der Waals surface area contributed by atoms with E-state index < -0.39 is 8.97 Å². The van der Waals surface area contributed by atoms with Gasteiger partial charge in [-0.1, -0.05) is 19.8 Å². The van der Waals surface area contributed by atoms with E-state index in [1.54, 1.807) is 0 Å². The van der Waals surface area contributed by atoms with Crippen molar-refractivity contribution >= 4 is 8.97 Å². The molecular weight excluding hydrogens is 210 g/mol. The summed E-state index contributed by atoms with van der Waals surface area (Å²) in [5.41, 5.74) is 0. The van der Waals surface area contributed by atoms with Crippen molar-refractivity contribution in [3.63, 3.8) is 0 Å². The van der Waals surface area contributed by atoms with Gasteiger partial charge in [-0.25, -0.2) is 0 Å². The topological polar surface area (TPSA) is 32.0 Å². The molecule has 0 amide bonds.